The van der Waals surface area contributed by atoms with Gasteiger partial charge in [-0.25, -0.2) is 4.79 Å². The first-order chi connectivity index (χ1) is 7.71. The van der Waals surface area contributed by atoms with Crippen LogP contribution in [0, 0.1) is 5.41 Å². The molecule has 1 heterocycles. The minimum atomic E-state index is -1.11. The minimum Gasteiger partial charge on any atom is -0.480 e. The van der Waals surface area contributed by atoms with E-state index in [1.165, 1.54) is 0 Å². The Labute approximate surface area is 97.6 Å². The molecular formula is C9H15N5O3. The number of rotatable bonds is 3. The molecule has 1 aromatic rings. The van der Waals surface area contributed by atoms with Gasteiger partial charge >= 0.3 is 5.97 Å². The normalized spacial score (nSPS) is 13.1. The zero-order valence-corrected chi connectivity index (χ0v) is 9.81. The van der Waals surface area contributed by atoms with Crippen molar-refractivity contribution < 1.29 is 14.7 Å². The third-order valence-corrected chi connectivity index (χ3v) is 2.11. The van der Waals surface area contributed by atoms with Gasteiger partial charge < -0.3 is 16.2 Å². The lowest BCUT2D eigenvalue weighted by atomic mass is 9.87. The number of carbonyl (C=O) groups is 2. The van der Waals surface area contributed by atoms with Crippen LogP contribution < -0.4 is 11.1 Å². The second kappa shape index (κ2) is 4.40. The molecule has 0 spiro atoms. The van der Waals surface area contributed by atoms with Crippen molar-refractivity contribution in [3.63, 3.8) is 0 Å². The fourth-order valence-electron chi connectivity index (χ4n) is 1.22. The number of aliphatic carboxylic acids is 1. The molecule has 1 aromatic heterocycles. The highest BCUT2D eigenvalue weighted by molar-refractivity contribution is 5.93. The average molecular weight is 241 g/mol. The van der Waals surface area contributed by atoms with Crippen LogP contribution in [0.25, 0.3) is 0 Å². The van der Waals surface area contributed by atoms with Crippen molar-refractivity contribution >= 4 is 17.8 Å². The second-order valence-electron chi connectivity index (χ2n) is 4.65. The van der Waals surface area contributed by atoms with Gasteiger partial charge in [-0.3, -0.25) is 9.89 Å². The van der Waals surface area contributed by atoms with Crippen LogP contribution in [0.4, 0.5) is 5.95 Å². The van der Waals surface area contributed by atoms with E-state index in [-0.39, 0.29) is 11.8 Å². The van der Waals surface area contributed by atoms with E-state index in [2.05, 4.69) is 20.5 Å². The number of nitrogen functional groups attached to an aromatic ring is 1. The van der Waals surface area contributed by atoms with Crippen LogP contribution >= 0.6 is 0 Å². The van der Waals surface area contributed by atoms with E-state index in [1.54, 1.807) is 20.8 Å². The summed E-state index contributed by atoms with van der Waals surface area (Å²) in [4.78, 5) is 26.3. The number of carbonyl (C=O) groups excluding carboxylic acids is 1. The van der Waals surface area contributed by atoms with Crippen molar-refractivity contribution in [1.29, 1.82) is 0 Å². The maximum Gasteiger partial charge on any atom is 0.326 e. The predicted octanol–water partition coefficient (Wildman–Crippen LogP) is -0.384. The standard InChI is InChI=1S/C9H15N5O3/c1-9(2,3)4(7(16)17)11-6(15)5-12-8(10)14-13-5/h4H,1-3H3,(H,11,15)(H,16,17)(H3,10,12,13,14)/t4-/m0/s1. The Morgan fingerprint density at radius 2 is 2.06 bits per heavy atom. The molecule has 0 fully saturated rings. The number of hydrogen-bond donors (Lipinski definition) is 4. The van der Waals surface area contributed by atoms with E-state index in [0.717, 1.165) is 0 Å². The third-order valence-electron chi connectivity index (χ3n) is 2.11. The maximum atomic E-state index is 11.7. The number of H-pyrrole nitrogens is 1. The molecular weight excluding hydrogens is 226 g/mol. The van der Waals surface area contributed by atoms with Gasteiger partial charge in [0.15, 0.2) is 0 Å². The molecule has 1 atom stereocenters. The summed E-state index contributed by atoms with van der Waals surface area (Å²) in [5.74, 6) is -1.95. The van der Waals surface area contributed by atoms with Crippen LogP contribution in [-0.2, 0) is 4.79 Å². The molecule has 8 heteroatoms. The topological polar surface area (TPSA) is 134 Å². The molecule has 1 amide bonds. The van der Waals surface area contributed by atoms with Gasteiger partial charge in [-0.05, 0) is 5.41 Å². The van der Waals surface area contributed by atoms with Crippen LogP contribution in [0.3, 0.4) is 0 Å². The zero-order chi connectivity index (χ0) is 13.2. The van der Waals surface area contributed by atoms with Crippen LogP contribution in [0.15, 0.2) is 0 Å². The monoisotopic (exact) mass is 241 g/mol. The molecule has 17 heavy (non-hydrogen) atoms. The van der Waals surface area contributed by atoms with Gasteiger partial charge in [0.1, 0.15) is 6.04 Å². The Morgan fingerprint density at radius 3 is 2.41 bits per heavy atom. The van der Waals surface area contributed by atoms with Gasteiger partial charge in [0.25, 0.3) is 5.91 Å². The van der Waals surface area contributed by atoms with Crippen molar-refractivity contribution in [2.45, 2.75) is 26.8 Å². The van der Waals surface area contributed by atoms with E-state index in [9.17, 15) is 9.59 Å². The number of nitrogens with one attached hydrogen (secondary N) is 2. The number of anilines is 1. The molecule has 0 aromatic carbocycles. The lowest BCUT2D eigenvalue weighted by Gasteiger charge is -2.27. The van der Waals surface area contributed by atoms with Gasteiger partial charge in [-0.15, -0.1) is 5.10 Å². The highest BCUT2D eigenvalue weighted by atomic mass is 16.4. The quantitative estimate of drug-likeness (QED) is 0.569. The van der Waals surface area contributed by atoms with E-state index in [0.29, 0.717) is 0 Å². The molecule has 1 rings (SSSR count). The molecule has 0 aliphatic rings. The fourth-order valence-corrected chi connectivity index (χ4v) is 1.22. The molecule has 8 nitrogen and oxygen atoms in total. The molecule has 0 aliphatic carbocycles. The summed E-state index contributed by atoms with van der Waals surface area (Å²) in [7, 11) is 0. The van der Waals surface area contributed by atoms with E-state index in [4.69, 9.17) is 10.8 Å². The number of hydrogen-bond acceptors (Lipinski definition) is 5. The van der Waals surface area contributed by atoms with Gasteiger partial charge in [0.05, 0.1) is 0 Å². The molecule has 0 unspecified atom stereocenters. The van der Waals surface area contributed by atoms with E-state index >= 15 is 0 Å². The van der Waals surface area contributed by atoms with Crippen LogP contribution in [0.1, 0.15) is 31.4 Å². The Kier molecular flexibility index (Phi) is 3.35. The summed E-state index contributed by atoms with van der Waals surface area (Å²) in [5, 5.41) is 17.2. The zero-order valence-electron chi connectivity index (χ0n) is 9.81. The first kappa shape index (κ1) is 12.9. The Morgan fingerprint density at radius 1 is 1.47 bits per heavy atom. The highest BCUT2D eigenvalue weighted by Gasteiger charge is 2.33. The third kappa shape index (κ3) is 3.16. The lowest BCUT2D eigenvalue weighted by molar-refractivity contribution is -0.142. The number of aromatic amines is 1. The van der Waals surface area contributed by atoms with Gasteiger partial charge in [-0.2, -0.15) is 4.98 Å². The molecule has 0 saturated heterocycles. The van der Waals surface area contributed by atoms with Crippen LogP contribution in [0.5, 0.6) is 0 Å². The van der Waals surface area contributed by atoms with Gasteiger partial charge in [0.2, 0.25) is 11.8 Å². The predicted molar refractivity (Wildman–Crippen MR) is 59.1 cm³/mol. The van der Waals surface area contributed by atoms with Crippen LogP contribution in [-0.4, -0.2) is 38.2 Å². The average Bonchev–Trinajstić information content (AvgIpc) is 2.58. The number of amides is 1. The number of aromatic nitrogens is 3. The van der Waals surface area contributed by atoms with Gasteiger partial charge in [-0.1, -0.05) is 20.8 Å². The lowest BCUT2D eigenvalue weighted by Crippen LogP contribution is -2.49. The van der Waals surface area contributed by atoms with Crippen molar-refractivity contribution in [3.05, 3.63) is 5.82 Å². The molecule has 0 radical (unpaired) electrons. The minimum absolute atomic E-state index is 0.0715. The van der Waals surface area contributed by atoms with Crippen molar-refractivity contribution in [1.82, 2.24) is 20.5 Å². The van der Waals surface area contributed by atoms with Crippen molar-refractivity contribution in [3.8, 4) is 0 Å². The van der Waals surface area contributed by atoms with Gasteiger partial charge in [0, 0.05) is 0 Å². The number of nitrogens with two attached hydrogens (primary N) is 1. The van der Waals surface area contributed by atoms with E-state index < -0.39 is 23.3 Å². The molecule has 94 valence electrons. The molecule has 0 saturated carbocycles. The van der Waals surface area contributed by atoms with E-state index in [1.807, 2.05) is 0 Å². The second-order valence-corrected chi connectivity index (χ2v) is 4.65. The number of carboxylic acids is 1. The summed E-state index contributed by atoms with van der Waals surface area (Å²) in [5.41, 5.74) is 4.63. The maximum absolute atomic E-state index is 11.7. The van der Waals surface area contributed by atoms with Crippen LogP contribution in [0.2, 0.25) is 0 Å². The smallest absolute Gasteiger partial charge is 0.326 e. The summed E-state index contributed by atoms with van der Waals surface area (Å²) in [6.07, 6.45) is 0. The van der Waals surface area contributed by atoms with Crippen molar-refractivity contribution in [2.75, 3.05) is 5.73 Å². The SMILES string of the molecule is CC(C)(C)[C@@H](NC(=O)c1nc(N)n[nH]1)C(=O)O. The fraction of sp³-hybridized carbons (Fsp3) is 0.556. The summed E-state index contributed by atoms with van der Waals surface area (Å²) >= 11 is 0. The first-order valence-electron chi connectivity index (χ1n) is 4.93. The molecule has 0 bridgehead atoms. The molecule has 0 aliphatic heterocycles. The highest BCUT2D eigenvalue weighted by Crippen LogP contribution is 2.19. The summed E-state index contributed by atoms with van der Waals surface area (Å²) in [6, 6.07) is -1.03. The Bertz CT molecular complexity index is 434. The largest absolute Gasteiger partial charge is 0.480 e. The Balaban J connectivity index is 2.82. The summed E-state index contributed by atoms with van der Waals surface area (Å²) < 4.78 is 0. The van der Waals surface area contributed by atoms with Crippen molar-refractivity contribution in [2.24, 2.45) is 5.41 Å². The Hall–Kier alpha value is -2.12. The first-order valence-corrected chi connectivity index (χ1v) is 4.93. The number of nitrogens with zero attached hydrogens (tertiary/aromatic N) is 2. The number of carboxylic acid groups (broad SMARTS) is 1. The summed E-state index contributed by atoms with van der Waals surface area (Å²) in [6.45, 7) is 5.13. The molecule has 5 N–H and O–H groups in total.